The largest absolute Gasteiger partial charge is 0.427 e. The molecule has 9 heteroatoms. The molecule has 1 heterocycles. The fourth-order valence-electron chi connectivity index (χ4n) is 5.45. The Morgan fingerprint density at radius 3 is 2.68 bits per heavy atom. The van der Waals surface area contributed by atoms with E-state index < -0.39 is 17.6 Å². The maximum absolute atomic E-state index is 13.6. The summed E-state index contributed by atoms with van der Waals surface area (Å²) in [6.07, 6.45) is 2.15. The van der Waals surface area contributed by atoms with Crippen LogP contribution < -0.4 is 10.6 Å². The number of aryl methyl sites for hydroxylation is 2. The zero-order valence-electron chi connectivity index (χ0n) is 21.4. The van der Waals surface area contributed by atoms with Gasteiger partial charge >= 0.3 is 12.1 Å². The monoisotopic (exact) mass is 504 g/mol. The molecule has 0 bridgehead atoms. The van der Waals surface area contributed by atoms with Crippen molar-refractivity contribution in [2.75, 3.05) is 18.9 Å². The lowest BCUT2D eigenvalue weighted by Crippen LogP contribution is -2.47. The highest BCUT2D eigenvalue weighted by Crippen LogP contribution is 2.46. The van der Waals surface area contributed by atoms with Crippen molar-refractivity contribution in [3.63, 3.8) is 0 Å². The fourth-order valence-corrected chi connectivity index (χ4v) is 5.45. The Balaban J connectivity index is 1.35. The summed E-state index contributed by atoms with van der Waals surface area (Å²) < 4.78 is 5.71. The molecule has 9 nitrogen and oxygen atoms in total. The van der Waals surface area contributed by atoms with Gasteiger partial charge in [-0.05, 0) is 62.3 Å². The molecule has 1 saturated carbocycles. The average Bonchev–Trinajstić information content (AvgIpc) is 3.63. The second-order valence-electron chi connectivity index (χ2n) is 10.3. The van der Waals surface area contributed by atoms with Crippen LogP contribution in [0.1, 0.15) is 48.4 Å². The van der Waals surface area contributed by atoms with Crippen molar-refractivity contribution in [2.45, 2.75) is 57.7 Å². The van der Waals surface area contributed by atoms with Gasteiger partial charge in [-0.3, -0.25) is 9.59 Å². The number of anilines is 1. The normalized spacial score (nSPS) is 21.0. The van der Waals surface area contributed by atoms with Crippen LogP contribution in [-0.2, 0) is 32.9 Å². The number of carbonyl (C=O) groups is 4. The Kier molecular flexibility index (Phi) is 6.39. The van der Waals surface area contributed by atoms with Gasteiger partial charge in [-0.25, -0.2) is 14.5 Å². The number of nitrogens with one attached hydrogen (secondary N) is 2. The van der Waals surface area contributed by atoms with E-state index in [2.05, 4.69) is 10.6 Å². The smallest absolute Gasteiger partial charge is 0.418 e. The number of nitrogens with zero attached hydrogens (tertiary/aromatic N) is 2. The van der Waals surface area contributed by atoms with E-state index >= 15 is 0 Å². The lowest BCUT2D eigenvalue weighted by molar-refractivity contribution is -0.143. The van der Waals surface area contributed by atoms with E-state index in [9.17, 15) is 19.2 Å². The molecule has 5 rings (SSSR count). The summed E-state index contributed by atoms with van der Waals surface area (Å²) in [5, 5.41) is 5.21. The first-order valence-electron chi connectivity index (χ1n) is 12.7. The molecule has 0 aromatic heterocycles. The van der Waals surface area contributed by atoms with Gasteiger partial charge in [0.25, 0.3) is 5.91 Å². The molecule has 194 valence electrons. The van der Waals surface area contributed by atoms with Crippen molar-refractivity contribution < 1.29 is 23.9 Å². The second-order valence-corrected chi connectivity index (χ2v) is 10.3. The predicted octanol–water partition coefficient (Wildman–Crippen LogP) is 3.69. The molecule has 2 aromatic rings. The number of urea groups is 1. The molecule has 2 fully saturated rings. The minimum atomic E-state index is -1.43. The third-order valence-corrected chi connectivity index (χ3v) is 7.69. The van der Waals surface area contributed by atoms with E-state index in [1.54, 1.807) is 23.1 Å². The molecule has 2 atom stereocenters. The zero-order valence-corrected chi connectivity index (χ0v) is 21.4. The topological polar surface area (TPSA) is 108 Å². The lowest BCUT2D eigenvalue weighted by Gasteiger charge is -2.31. The van der Waals surface area contributed by atoms with Crippen LogP contribution in [0.5, 0.6) is 0 Å². The summed E-state index contributed by atoms with van der Waals surface area (Å²) in [5.74, 6) is -0.349. The molecule has 0 unspecified atom stereocenters. The summed E-state index contributed by atoms with van der Waals surface area (Å²) in [6, 6.07) is 12.8. The quantitative estimate of drug-likeness (QED) is 0.598. The third kappa shape index (κ3) is 4.65. The van der Waals surface area contributed by atoms with Gasteiger partial charge in [-0.1, -0.05) is 35.9 Å². The van der Waals surface area contributed by atoms with E-state index in [-0.39, 0.29) is 24.5 Å². The predicted molar refractivity (Wildman–Crippen MR) is 137 cm³/mol. The molecule has 2 N–H and O–H groups in total. The average molecular weight is 505 g/mol. The van der Waals surface area contributed by atoms with E-state index in [4.69, 9.17) is 4.74 Å². The van der Waals surface area contributed by atoms with Crippen molar-refractivity contribution in [3.05, 3.63) is 64.7 Å². The molecule has 3 aliphatic rings. The standard InChI is InChI=1S/C28H32N4O5/c1-17-5-4-6-19(13-17)15-31(18(2)20-7-8-20)24(33)16-32-25(34)28(37-27(32)36)12-11-21-14-22(9-10-23(21)28)30-26(35)29-3/h4-6,9-10,13-14,18,20H,7-8,11-12,15-16H2,1-3H3,(H2,29,30,35)/t18-,28+/m0/s1. The third-order valence-electron chi connectivity index (χ3n) is 7.69. The van der Waals surface area contributed by atoms with E-state index in [1.807, 2.05) is 38.1 Å². The minimum absolute atomic E-state index is 0.00847. The highest BCUT2D eigenvalue weighted by atomic mass is 16.6. The molecule has 1 spiro atoms. The van der Waals surface area contributed by atoms with Crippen LogP contribution in [0.2, 0.25) is 0 Å². The van der Waals surface area contributed by atoms with Crippen LogP contribution in [0.15, 0.2) is 42.5 Å². The molecule has 1 aliphatic heterocycles. The van der Waals surface area contributed by atoms with Gasteiger partial charge in [0, 0.05) is 37.3 Å². The minimum Gasteiger partial charge on any atom is -0.427 e. The Bertz CT molecular complexity index is 1270. The maximum Gasteiger partial charge on any atom is 0.418 e. The number of hydrogen-bond donors (Lipinski definition) is 2. The molecule has 5 amide bonds. The molecule has 37 heavy (non-hydrogen) atoms. The second kappa shape index (κ2) is 9.53. The van der Waals surface area contributed by atoms with Crippen molar-refractivity contribution >= 4 is 29.6 Å². The van der Waals surface area contributed by atoms with Crippen LogP contribution in [-0.4, -0.2) is 53.4 Å². The Morgan fingerprint density at radius 1 is 1.19 bits per heavy atom. The highest BCUT2D eigenvalue weighted by molar-refractivity contribution is 6.06. The SMILES string of the molecule is CNC(=O)Nc1ccc2c(c1)CC[C@@]21OC(=O)N(CC(=O)N(Cc2cccc(C)c2)[C@@H](C)C2CC2)C1=O. The molecule has 2 aromatic carbocycles. The Hall–Kier alpha value is -3.88. The number of imide groups is 1. The van der Waals surface area contributed by atoms with Crippen LogP contribution in [0.25, 0.3) is 0 Å². The summed E-state index contributed by atoms with van der Waals surface area (Å²) in [7, 11) is 1.53. The number of carbonyl (C=O) groups excluding carboxylic acids is 4. The number of ether oxygens (including phenoxy) is 1. The first-order valence-corrected chi connectivity index (χ1v) is 12.7. The number of amides is 5. The van der Waals surface area contributed by atoms with E-state index in [0.29, 0.717) is 36.6 Å². The van der Waals surface area contributed by atoms with Gasteiger partial charge in [0.15, 0.2) is 0 Å². The first-order chi connectivity index (χ1) is 17.7. The fraction of sp³-hybridized carbons (Fsp3) is 0.429. The zero-order chi connectivity index (χ0) is 26.3. The van der Waals surface area contributed by atoms with Crippen LogP contribution in [0.4, 0.5) is 15.3 Å². The van der Waals surface area contributed by atoms with Crippen LogP contribution >= 0.6 is 0 Å². The molecular weight excluding hydrogens is 472 g/mol. The van der Waals surface area contributed by atoms with E-state index in [0.717, 1.165) is 34.4 Å². The number of rotatable bonds is 7. The summed E-state index contributed by atoms with van der Waals surface area (Å²) in [4.78, 5) is 54.5. The maximum atomic E-state index is 13.6. The summed E-state index contributed by atoms with van der Waals surface area (Å²) >= 11 is 0. The lowest BCUT2D eigenvalue weighted by atomic mass is 9.94. The number of benzene rings is 2. The van der Waals surface area contributed by atoms with Gasteiger partial charge in [0.1, 0.15) is 6.54 Å². The summed E-state index contributed by atoms with van der Waals surface area (Å²) in [6.45, 7) is 4.11. The van der Waals surface area contributed by atoms with Crippen LogP contribution in [0, 0.1) is 12.8 Å². The summed E-state index contributed by atoms with van der Waals surface area (Å²) in [5.41, 5.74) is 2.70. The highest BCUT2D eigenvalue weighted by Gasteiger charge is 2.58. The van der Waals surface area contributed by atoms with Crippen molar-refractivity contribution in [1.29, 1.82) is 0 Å². The molecule has 2 aliphatic carbocycles. The van der Waals surface area contributed by atoms with E-state index in [1.165, 1.54) is 7.05 Å². The van der Waals surface area contributed by atoms with Crippen LogP contribution in [0.3, 0.4) is 0 Å². The number of hydrogen-bond acceptors (Lipinski definition) is 5. The Labute approximate surface area is 216 Å². The van der Waals surface area contributed by atoms with Gasteiger partial charge < -0.3 is 20.3 Å². The first kappa shape index (κ1) is 24.8. The van der Waals surface area contributed by atoms with Crippen molar-refractivity contribution in [1.82, 2.24) is 15.1 Å². The number of fused-ring (bicyclic) bond motifs is 2. The Morgan fingerprint density at radius 2 is 1.97 bits per heavy atom. The van der Waals surface area contributed by atoms with Gasteiger partial charge in [0.2, 0.25) is 11.5 Å². The van der Waals surface area contributed by atoms with Crippen molar-refractivity contribution in [3.8, 4) is 0 Å². The van der Waals surface area contributed by atoms with Gasteiger partial charge in [0.05, 0.1) is 0 Å². The molecular formula is C28H32N4O5. The van der Waals surface area contributed by atoms with Gasteiger partial charge in [-0.15, -0.1) is 0 Å². The molecule has 1 saturated heterocycles. The molecule has 0 radical (unpaired) electrons. The van der Waals surface area contributed by atoms with Gasteiger partial charge in [-0.2, -0.15) is 0 Å². The van der Waals surface area contributed by atoms with Crippen molar-refractivity contribution in [2.24, 2.45) is 5.92 Å².